The Morgan fingerprint density at radius 3 is 2.02 bits per heavy atom. The van der Waals surface area contributed by atoms with Crippen molar-refractivity contribution in [3.8, 4) is 5.75 Å². The van der Waals surface area contributed by atoms with Crippen LogP contribution in [-0.4, -0.2) is 90.1 Å². The minimum atomic E-state index is -0.571. The highest BCUT2D eigenvalue weighted by atomic mass is 35.5. The molecule has 2 amide bonds. The molecule has 2 aliphatic rings. The zero-order valence-electron chi connectivity index (χ0n) is 23.3. The van der Waals surface area contributed by atoms with Crippen LogP contribution in [0.1, 0.15) is 51.6 Å². The van der Waals surface area contributed by atoms with E-state index in [0.717, 1.165) is 42.7 Å². The fraction of sp³-hybridized carbons (Fsp3) is 0.419. The summed E-state index contributed by atoms with van der Waals surface area (Å²) in [6, 6.07) is 17.4. The topological polar surface area (TPSA) is 73.3 Å². The van der Waals surface area contributed by atoms with Crippen LogP contribution < -0.4 is 4.74 Å². The number of piperazine rings is 1. The van der Waals surface area contributed by atoms with E-state index in [1.165, 1.54) is 16.0 Å². The minimum absolute atomic E-state index is 0. The fourth-order valence-electron chi connectivity index (χ4n) is 5.65. The molecule has 7 nitrogen and oxygen atoms in total. The molecule has 3 aromatic carbocycles. The van der Waals surface area contributed by atoms with Gasteiger partial charge >= 0.3 is 0 Å². The van der Waals surface area contributed by atoms with Crippen LogP contribution in [-0.2, 0) is 0 Å². The molecule has 5 rings (SSSR count). The number of benzene rings is 3. The lowest BCUT2D eigenvalue weighted by atomic mass is 9.94. The monoisotopic (exact) mass is 587 g/mol. The summed E-state index contributed by atoms with van der Waals surface area (Å²) in [5, 5.41) is 12.2. The molecule has 216 valence electrons. The number of imide groups is 1. The average Bonchev–Trinajstić information content (AvgIpc) is 2.91. The van der Waals surface area contributed by atoms with Crippen LogP contribution in [0.5, 0.6) is 5.75 Å². The van der Waals surface area contributed by atoms with Crippen molar-refractivity contribution in [2.75, 3.05) is 52.4 Å². The molecule has 3 aromatic rings. The van der Waals surface area contributed by atoms with Gasteiger partial charge in [0.1, 0.15) is 18.5 Å². The number of nitrogens with zero attached hydrogens (tertiary/aromatic N) is 3. The quantitative estimate of drug-likeness (QED) is 0.364. The van der Waals surface area contributed by atoms with Gasteiger partial charge < -0.3 is 9.84 Å². The van der Waals surface area contributed by atoms with Crippen molar-refractivity contribution in [3.63, 3.8) is 0 Å². The van der Waals surface area contributed by atoms with Crippen molar-refractivity contribution in [2.45, 2.75) is 32.8 Å². The lowest BCUT2D eigenvalue weighted by molar-refractivity contribution is 0.0416. The summed E-state index contributed by atoms with van der Waals surface area (Å²) in [5.41, 5.74) is 3.72. The zero-order valence-corrected chi connectivity index (χ0v) is 25.0. The van der Waals surface area contributed by atoms with Crippen molar-refractivity contribution >= 4 is 47.4 Å². The number of carbonyl (C=O) groups is 2. The average molecular weight is 589 g/mol. The van der Waals surface area contributed by atoms with E-state index in [-0.39, 0.29) is 43.2 Å². The van der Waals surface area contributed by atoms with Crippen molar-refractivity contribution in [3.05, 3.63) is 76.9 Å². The van der Waals surface area contributed by atoms with Gasteiger partial charge in [0.25, 0.3) is 11.8 Å². The van der Waals surface area contributed by atoms with E-state index in [0.29, 0.717) is 36.7 Å². The zero-order chi connectivity index (χ0) is 26.8. The molecule has 40 heavy (non-hydrogen) atoms. The molecule has 0 radical (unpaired) electrons. The van der Waals surface area contributed by atoms with E-state index in [1.807, 2.05) is 48.5 Å². The largest absolute Gasteiger partial charge is 0.491 e. The van der Waals surface area contributed by atoms with E-state index in [1.54, 1.807) is 0 Å². The van der Waals surface area contributed by atoms with Gasteiger partial charge in [0.2, 0.25) is 0 Å². The van der Waals surface area contributed by atoms with E-state index in [9.17, 15) is 14.7 Å². The first-order valence-corrected chi connectivity index (χ1v) is 13.6. The van der Waals surface area contributed by atoms with Gasteiger partial charge in [-0.05, 0) is 53.6 Å². The summed E-state index contributed by atoms with van der Waals surface area (Å²) in [4.78, 5) is 32.2. The molecule has 1 fully saturated rings. The Kier molecular flexibility index (Phi) is 11.0. The molecular weight excluding hydrogens is 549 g/mol. The summed E-state index contributed by atoms with van der Waals surface area (Å²) in [6.07, 6.45) is -0.571. The van der Waals surface area contributed by atoms with Gasteiger partial charge in [0.05, 0.1) is 0 Å². The van der Waals surface area contributed by atoms with Gasteiger partial charge in [-0.15, -0.1) is 24.8 Å². The minimum Gasteiger partial charge on any atom is -0.491 e. The van der Waals surface area contributed by atoms with Crippen LogP contribution in [0.4, 0.5) is 0 Å². The Morgan fingerprint density at radius 1 is 0.850 bits per heavy atom. The van der Waals surface area contributed by atoms with Crippen LogP contribution in [0.15, 0.2) is 54.6 Å². The lowest BCUT2D eigenvalue weighted by Gasteiger charge is -2.36. The van der Waals surface area contributed by atoms with E-state index >= 15 is 0 Å². The Hall–Kier alpha value is -2.68. The first-order chi connectivity index (χ1) is 18.3. The van der Waals surface area contributed by atoms with E-state index in [2.05, 4.69) is 36.6 Å². The molecule has 0 aromatic heterocycles. The predicted octanol–water partition coefficient (Wildman–Crippen LogP) is 4.77. The Bertz CT molecular complexity index is 1290. The van der Waals surface area contributed by atoms with Crippen molar-refractivity contribution in [1.82, 2.24) is 14.7 Å². The third-order valence-electron chi connectivity index (χ3n) is 7.74. The number of hydrogen-bond donors (Lipinski definition) is 1. The summed E-state index contributed by atoms with van der Waals surface area (Å²) in [6.45, 7) is 11.6. The first kappa shape index (κ1) is 31.8. The normalized spacial score (nSPS) is 16.6. The smallest absolute Gasteiger partial charge is 0.261 e. The van der Waals surface area contributed by atoms with Crippen molar-refractivity contribution in [1.29, 1.82) is 0 Å². The van der Waals surface area contributed by atoms with Crippen molar-refractivity contribution in [2.24, 2.45) is 0 Å². The number of rotatable bonds is 9. The maximum atomic E-state index is 13.1. The fourth-order valence-corrected chi connectivity index (χ4v) is 5.65. The molecule has 2 heterocycles. The third kappa shape index (κ3) is 6.78. The van der Waals surface area contributed by atoms with Crippen molar-refractivity contribution < 1.29 is 19.4 Å². The molecule has 0 bridgehead atoms. The molecule has 0 saturated carbocycles. The Labute approximate surface area is 248 Å². The van der Waals surface area contributed by atoms with Crippen LogP contribution in [0.2, 0.25) is 0 Å². The van der Waals surface area contributed by atoms with Gasteiger partial charge in [-0.2, -0.15) is 0 Å². The lowest BCUT2D eigenvalue weighted by Crippen LogP contribution is -2.51. The molecule has 2 aliphatic heterocycles. The molecular formula is C31H39Cl2N3O4. The highest BCUT2D eigenvalue weighted by Gasteiger charge is 2.33. The highest BCUT2D eigenvalue weighted by Crippen LogP contribution is 2.30. The Balaban J connectivity index is 0.00000220. The third-order valence-corrected chi connectivity index (χ3v) is 7.74. The second-order valence-corrected chi connectivity index (χ2v) is 10.8. The van der Waals surface area contributed by atoms with Crippen LogP contribution in [0, 0.1) is 6.92 Å². The molecule has 0 aliphatic carbocycles. The molecule has 1 saturated heterocycles. The highest BCUT2D eigenvalue weighted by molar-refractivity contribution is 6.25. The Morgan fingerprint density at radius 2 is 1.45 bits per heavy atom. The number of hydrogen-bond acceptors (Lipinski definition) is 6. The van der Waals surface area contributed by atoms with E-state index < -0.39 is 6.10 Å². The molecule has 0 spiro atoms. The number of aryl methyl sites for hydroxylation is 1. The number of carbonyl (C=O) groups excluding carboxylic acids is 2. The summed E-state index contributed by atoms with van der Waals surface area (Å²) in [7, 11) is 0. The molecule has 1 unspecified atom stereocenters. The molecule has 1 N–H and O–H groups in total. The van der Waals surface area contributed by atoms with Gasteiger partial charge in [-0.3, -0.25) is 24.3 Å². The number of aliphatic hydroxyl groups is 1. The van der Waals surface area contributed by atoms with E-state index in [4.69, 9.17) is 4.74 Å². The number of amides is 2. The number of halogens is 2. The second kappa shape index (κ2) is 13.8. The van der Waals surface area contributed by atoms with Crippen LogP contribution >= 0.6 is 24.8 Å². The molecule has 1 atom stereocenters. The second-order valence-electron chi connectivity index (χ2n) is 10.8. The molecule has 9 heteroatoms. The van der Waals surface area contributed by atoms with Gasteiger partial charge in [0.15, 0.2) is 0 Å². The standard InChI is InChI=1S/C31H37N3O4.2ClH/c1-21(2)26-11-10-25(18-22(26)3)38-20-24(35)19-33-14-12-32(13-15-33)16-17-34-30(36)27-8-4-6-23-7-5-9-28(29(23)27)31(34)37;;/h4-11,18,21,24,35H,12-17,19-20H2,1-3H3;2*1H. The van der Waals surface area contributed by atoms with Crippen LogP contribution in [0.3, 0.4) is 0 Å². The van der Waals surface area contributed by atoms with Gasteiger partial charge in [-0.1, -0.05) is 44.2 Å². The summed E-state index contributed by atoms with van der Waals surface area (Å²) < 4.78 is 5.86. The van der Waals surface area contributed by atoms with Gasteiger partial charge in [0, 0.05) is 62.3 Å². The number of ether oxygens (including phenoxy) is 1. The summed E-state index contributed by atoms with van der Waals surface area (Å²) >= 11 is 0. The van der Waals surface area contributed by atoms with Crippen LogP contribution in [0.25, 0.3) is 10.8 Å². The van der Waals surface area contributed by atoms with Gasteiger partial charge in [-0.25, -0.2) is 0 Å². The first-order valence-electron chi connectivity index (χ1n) is 13.6. The maximum Gasteiger partial charge on any atom is 0.261 e. The maximum absolute atomic E-state index is 13.1. The predicted molar refractivity (Wildman–Crippen MR) is 163 cm³/mol. The SMILES string of the molecule is Cc1cc(OCC(O)CN2CCN(CCN3C(=O)c4cccc5cccc(c45)C3=O)CC2)ccc1C(C)C.Cl.Cl. The number of aliphatic hydroxyl groups excluding tert-OH is 1. The number of β-amino-alcohol motifs (C(OH)–C–C–N with tert-alkyl or cyclic N) is 1. The summed E-state index contributed by atoms with van der Waals surface area (Å²) in [5.74, 6) is 0.836.